The van der Waals surface area contributed by atoms with Crippen LogP contribution in [0.15, 0.2) is 6.20 Å². The highest BCUT2D eigenvalue weighted by Crippen LogP contribution is 2.33. The van der Waals surface area contributed by atoms with Crippen molar-refractivity contribution in [2.75, 3.05) is 6.61 Å². The summed E-state index contributed by atoms with van der Waals surface area (Å²) in [5.74, 6) is -0.878. The number of ether oxygens (including phenoxy) is 1. The fraction of sp³-hybridized carbons (Fsp3) is 0.700. The predicted molar refractivity (Wildman–Crippen MR) is 63.0 cm³/mol. The fourth-order valence-electron chi connectivity index (χ4n) is 1.22. The van der Waals surface area contributed by atoms with Crippen molar-refractivity contribution in [1.29, 1.82) is 0 Å². The van der Waals surface area contributed by atoms with Gasteiger partial charge in [0, 0.05) is 14.7 Å². The van der Waals surface area contributed by atoms with E-state index in [9.17, 15) is 13.2 Å². The van der Waals surface area contributed by atoms with Crippen LogP contribution in [0.2, 0.25) is 25.7 Å². The summed E-state index contributed by atoms with van der Waals surface area (Å²) in [7, 11) is -1.22. The van der Waals surface area contributed by atoms with Crippen LogP contribution in [0.25, 0.3) is 0 Å². The minimum absolute atomic E-state index is 0.0892. The molecule has 18 heavy (non-hydrogen) atoms. The summed E-state index contributed by atoms with van der Waals surface area (Å²) in [4.78, 5) is 0. The van der Waals surface area contributed by atoms with Crippen molar-refractivity contribution in [2.24, 2.45) is 0 Å². The van der Waals surface area contributed by atoms with E-state index in [-0.39, 0.29) is 6.73 Å². The third-order valence-electron chi connectivity index (χ3n) is 2.23. The van der Waals surface area contributed by atoms with E-state index in [1.165, 1.54) is 0 Å². The first-order valence-electron chi connectivity index (χ1n) is 5.51. The molecule has 0 aliphatic heterocycles. The highest BCUT2D eigenvalue weighted by atomic mass is 28.3. The number of halogens is 3. The predicted octanol–water partition coefficient (Wildman–Crippen LogP) is 2.92. The molecule has 1 N–H and O–H groups in total. The molecule has 1 heterocycles. The lowest BCUT2D eigenvalue weighted by Crippen LogP contribution is -2.22. The lowest BCUT2D eigenvalue weighted by molar-refractivity contribution is -0.142. The Kier molecular flexibility index (Phi) is 4.44. The SMILES string of the molecule is C[Si](C)(C)CCOCn1cc(O)c(C(F)(F)F)n1. The molecule has 4 nitrogen and oxygen atoms in total. The Bertz CT molecular complexity index is 399. The molecule has 1 aromatic rings. The molecule has 0 amide bonds. The van der Waals surface area contributed by atoms with E-state index in [1.807, 2.05) is 0 Å². The maximum atomic E-state index is 12.3. The summed E-state index contributed by atoms with van der Waals surface area (Å²) < 4.78 is 43.2. The minimum Gasteiger partial charge on any atom is -0.504 e. The molecule has 8 heteroatoms. The zero-order valence-corrected chi connectivity index (χ0v) is 11.6. The standard InChI is InChI=1S/C10H17F3N2O2Si/c1-18(2,3)5-4-17-7-15-6-8(16)9(14-15)10(11,12)13/h6,16H,4-5,7H2,1-3H3. The number of hydrogen-bond donors (Lipinski definition) is 1. The molecule has 0 unspecified atom stereocenters. The van der Waals surface area contributed by atoms with Gasteiger partial charge in [0.1, 0.15) is 6.73 Å². The molecule has 0 spiro atoms. The Morgan fingerprint density at radius 2 is 2.00 bits per heavy atom. The van der Waals surface area contributed by atoms with Gasteiger partial charge in [-0.2, -0.15) is 18.3 Å². The van der Waals surface area contributed by atoms with Crippen molar-refractivity contribution in [3.8, 4) is 5.75 Å². The summed E-state index contributed by atoms with van der Waals surface area (Å²) in [6, 6.07) is 0.923. The van der Waals surface area contributed by atoms with Gasteiger partial charge in [-0.3, -0.25) is 0 Å². The molecule has 0 saturated heterocycles. The number of alkyl halides is 3. The molecule has 0 radical (unpaired) electrons. The van der Waals surface area contributed by atoms with Gasteiger partial charge < -0.3 is 9.84 Å². The fourth-order valence-corrected chi connectivity index (χ4v) is 1.97. The zero-order valence-electron chi connectivity index (χ0n) is 10.6. The lowest BCUT2D eigenvalue weighted by Gasteiger charge is -2.15. The average Bonchev–Trinajstić information content (AvgIpc) is 2.52. The number of aromatic nitrogens is 2. The van der Waals surface area contributed by atoms with Crippen molar-refractivity contribution in [2.45, 2.75) is 38.6 Å². The minimum atomic E-state index is -4.65. The second-order valence-electron chi connectivity index (χ2n) is 5.25. The maximum Gasteiger partial charge on any atom is 0.438 e. The van der Waals surface area contributed by atoms with Crippen LogP contribution in [0.5, 0.6) is 5.75 Å². The van der Waals surface area contributed by atoms with Crippen molar-refractivity contribution in [3.63, 3.8) is 0 Å². The Balaban J connectivity index is 2.50. The van der Waals surface area contributed by atoms with E-state index in [1.54, 1.807) is 0 Å². The van der Waals surface area contributed by atoms with Gasteiger partial charge in [0.15, 0.2) is 5.75 Å². The van der Waals surface area contributed by atoms with Crippen molar-refractivity contribution < 1.29 is 23.0 Å². The Morgan fingerprint density at radius 1 is 1.39 bits per heavy atom. The normalized spacial score (nSPS) is 13.0. The van der Waals surface area contributed by atoms with Gasteiger partial charge in [-0.1, -0.05) is 19.6 Å². The van der Waals surface area contributed by atoms with Gasteiger partial charge in [-0.15, -0.1) is 0 Å². The van der Waals surface area contributed by atoms with Gasteiger partial charge in [-0.25, -0.2) is 4.68 Å². The number of hydrogen-bond acceptors (Lipinski definition) is 3. The van der Waals surface area contributed by atoms with Crippen molar-refractivity contribution in [1.82, 2.24) is 9.78 Å². The molecule has 0 bridgehead atoms. The number of nitrogens with zero attached hydrogens (tertiary/aromatic N) is 2. The molecule has 0 saturated carbocycles. The second-order valence-corrected chi connectivity index (χ2v) is 10.9. The molecule has 0 atom stereocenters. The quantitative estimate of drug-likeness (QED) is 0.667. The van der Waals surface area contributed by atoms with Crippen LogP contribution in [0.1, 0.15) is 5.69 Å². The van der Waals surface area contributed by atoms with Crippen LogP contribution >= 0.6 is 0 Å². The highest BCUT2D eigenvalue weighted by Gasteiger charge is 2.37. The van der Waals surface area contributed by atoms with E-state index in [4.69, 9.17) is 9.84 Å². The molecular weight excluding hydrogens is 265 g/mol. The van der Waals surface area contributed by atoms with E-state index in [0.717, 1.165) is 16.9 Å². The van der Waals surface area contributed by atoms with Gasteiger partial charge in [0.05, 0.1) is 6.20 Å². The Labute approximate surface area is 104 Å². The smallest absolute Gasteiger partial charge is 0.438 e. The van der Waals surface area contributed by atoms with Crippen LogP contribution in [0.4, 0.5) is 13.2 Å². The molecule has 0 aliphatic carbocycles. The van der Waals surface area contributed by atoms with E-state index in [2.05, 4.69) is 24.7 Å². The molecular formula is C10H17F3N2O2Si. The summed E-state index contributed by atoms with van der Waals surface area (Å²) in [6.45, 7) is 6.93. The largest absolute Gasteiger partial charge is 0.504 e. The molecule has 0 aliphatic rings. The van der Waals surface area contributed by atoms with Crippen molar-refractivity contribution >= 4 is 8.07 Å². The lowest BCUT2D eigenvalue weighted by atomic mass is 10.4. The van der Waals surface area contributed by atoms with E-state index in [0.29, 0.717) is 6.61 Å². The third kappa shape index (κ3) is 4.69. The Morgan fingerprint density at radius 3 is 2.44 bits per heavy atom. The van der Waals surface area contributed by atoms with Gasteiger partial charge in [-0.05, 0) is 6.04 Å². The van der Waals surface area contributed by atoms with Gasteiger partial charge in [0.2, 0.25) is 5.69 Å². The summed E-state index contributed by atoms with van der Waals surface area (Å²) >= 11 is 0. The van der Waals surface area contributed by atoms with Crippen LogP contribution < -0.4 is 0 Å². The highest BCUT2D eigenvalue weighted by molar-refractivity contribution is 6.76. The first-order chi connectivity index (χ1) is 8.09. The topological polar surface area (TPSA) is 47.3 Å². The maximum absolute atomic E-state index is 12.3. The van der Waals surface area contributed by atoms with Gasteiger partial charge in [0.25, 0.3) is 0 Å². The van der Waals surface area contributed by atoms with Crippen LogP contribution in [0.3, 0.4) is 0 Å². The third-order valence-corrected chi connectivity index (χ3v) is 3.93. The molecule has 0 fully saturated rings. The molecule has 1 aromatic heterocycles. The van der Waals surface area contributed by atoms with Crippen LogP contribution in [-0.2, 0) is 17.6 Å². The molecule has 104 valence electrons. The summed E-state index contributed by atoms with van der Waals surface area (Å²) in [5.41, 5.74) is -1.28. The van der Waals surface area contributed by atoms with E-state index < -0.39 is 25.7 Å². The summed E-state index contributed by atoms with van der Waals surface area (Å²) in [5, 5.41) is 12.3. The first-order valence-corrected chi connectivity index (χ1v) is 9.22. The molecule has 0 aromatic carbocycles. The Hall–Kier alpha value is -1.02. The monoisotopic (exact) mass is 282 g/mol. The average molecular weight is 282 g/mol. The van der Waals surface area contributed by atoms with Crippen LogP contribution in [0, 0.1) is 0 Å². The van der Waals surface area contributed by atoms with Gasteiger partial charge >= 0.3 is 6.18 Å². The van der Waals surface area contributed by atoms with Crippen molar-refractivity contribution in [3.05, 3.63) is 11.9 Å². The second kappa shape index (κ2) is 5.31. The summed E-state index contributed by atoms with van der Waals surface area (Å²) in [6.07, 6.45) is -3.73. The van der Waals surface area contributed by atoms with Crippen LogP contribution in [-0.4, -0.2) is 29.6 Å². The number of rotatable bonds is 5. The van der Waals surface area contributed by atoms with E-state index >= 15 is 0 Å². The zero-order chi connectivity index (χ0) is 14.0. The molecule has 1 rings (SSSR count). The first kappa shape index (κ1) is 15.0. The number of aromatic hydroxyl groups is 1.